The lowest BCUT2D eigenvalue weighted by Gasteiger charge is -2.23. The number of methoxy groups -OCH3 is 1. The van der Waals surface area contributed by atoms with Gasteiger partial charge in [0, 0.05) is 7.11 Å². The number of hydrogen-bond acceptors (Lipinski definition) is 6. The normalized spacial score (nSPS) is 27.1. The van der Waals surface area contributed by atoms with Gasteiger partial charge in [-0.3, -0.25) is 0 Å². The summed E-state index contributed by atoms with van der Waals surface area (Å²) in [7, 11) is 2.82. The molecule has 1 aliphatic rings. The molecule has 1 radical (unpaired) electrons. The molecule has 1 fully saturated rings. The van der Waals surface area contributed by atoms with Crippen molar-refractivity contribution in [3.63, 3.8) is 0 Å². The smallest absolute Gasteiger partial charge is 0.429 e. The number of aliphatic hydroxyl groups excluding tert-OH is 1. The number of carbonyl (C=O) groups excluding carboxylic acids is 1. The molecular formula is C8H12BO6. The zero-order valence-electron chi connectivity index (χ0n) is 8.56. The van der Waals surface area contributed by atoms with Crippen molar-refractivity contribution < 1.29 is 28.8 Å². The minimum absolute atomic E-state index is 0.149. The first-order valence-electron chi connectivity index (χ1n) is 4.23. The summed E-state index contributed by atoms with van der Waals surface area (Å²) in [5, 5.41) is 8.56. The molecule has 0 saturated carbocycles. The van der Waals surface area contributed by atoms with Gasteiger partial charge in [-0.1, -0.05) is 6.58 Å². The number of aliphatic hydroxyl groups is 1. The Morgan fingerprint density at radius 3 is 2.80 bits per heavy atom. The quantitative estimate of drug-likeness (QED) is 0.394. The monoisotopic (exact) mass is 215 g/mol. The number of rotatable bonds is 5. The molecule has 1 saturated heterocycles. The SMILES string of the molecule is C=C1OC(=O)OC1(C)[B]C(OC)OCO. The van der Waals surface area contributed by atoms with E-state index in [1.54, 1.807) is 6.92 Å². The molecule has 0 aromatic heterocycles. The van der Waals surface area contributed by atoms with E-state index in [0.29, 0.717) is 0 Å². The van der Waals surface area contributed by atoms with E-state index >= 15 is 0 Å². The fourth-order valence-corrected chi connectivity index (χ4v) is 1.10. The zero-order chi connectivity index (χ0) is 11.5. The summed E-state index contributed by atoms with van der Waals surface area (Å²) in [6, 6.07) is 0. The lowest BCUT2D eigenvalue weighted by molar-refractivity contribution is -0.126. The number of cyclic esters (lactones) is 2. The third-order valence-electron chi connectivity index (χ3n) is 1.98. The molecule has 1 N–H and O–H groups in total. The van der Waals surface area contributed by atoms with Gasteiger partial charge in [0.25, 0.3) is 7.28 Å². The summed E-state index contributed by atoms with van der Waals surface area (Å²) < 4.78 is 19.2. The van der Waals surface area contributed by atoms with Crippen molar-refractivity contribution in [1.82, 2.24) is 0 Å². The molecule has 0 bridgehead atoms. The molecule has 2 atom stereocenters. The second kappa shape index (κ2) is 4.65. The van der Waals surface area contributed by atoms with Crippen LogP contribution in [-0.4, -0.2) is 44.1 Å². The molecule has 0 amide bonds. The third kappa shape index (κ3) is 2.71. The van der Waals surface area contributed by atoms with Crippen LogP contribution in [0.2, 0.25) is 0 Å². The first-order chi connectivity index (χ1) is 7.01. The van der Waals surface area contributed by atoms with Gasteiger partial charge in [0.15, 0.2) is 0 Å². The van der Waals surface area contributed by atoms with E-state index in [4.69, 9.17) is 19.3 Å². The average molecular weight is 215 g/mol. The van der Waals surface area contributed by atoms with Crippen LogP contribution in [0.5, 0.6) is 0 Å². The van der Waals surface area contributed by atoms with Gasteiger partial charge in [0.1, 0.15) is 24.2 Å². The van der Waals surface area contributed by atoms with Crippen molar-refractivity contribution in [2.45, 2.75) is 18.6 Å². The molecule has 15 heavy (non-hydrogen) atoms. The van der Waals surface area contributed by atoms with Gasteiger partial charge in [-0.05, 0) is 6.92 Å². The Labute approximate surface area is 88.0 Å². The molecule has 0 aromatic carbocycles. The summed E-state index contributed by atoms with van der Waals surface area (Å²) in [6.07, 6.45) is -1.64. The molecule has 1 aliphatic heterocycles. The van der Waals surface area contributed by atoms with E-state index in [1.165, 1.54) is 14.4 Å². The average Bonchev–Trinajstić information content (AvgIpc) is 2.40. The summed E-state index contributed by atoms with van der Waals surface area (Å²) in [5.41, 5.74) is -1.10. The van der Waals surface area contributed by atoms with Crippen molar-refractivity contribution in [2.75, 3.05) is 13.9 Å². The summed E-state index contributed by atoms with van der Waals surface area (Å²) in [5.74, 6) is 0.149. The van der Waals surface area contributed by atoms with Gasteiger partial charge in [0.2, 0.25) is 0 Å². The van der Waals surface area contributed by atoms with Gasteiger partial charge in [-0.15, -0.1) is 0 Å². The molecule has 0 aromatic rings. The van der Waals surface area contributed by atoms with E-state index in [0.717, 1.165) is 0 Å². The molecule has 0 spiro atoms. The maximum atomic E-state index is 10.8. The van der Waals surface area contributed by atoms with Gasteiger partial charge in [-0.2, -0.15) is 0 Å². The fourth-order valence-electron chi connectivity index (χ4n) is 1.10. The zero-order valence-corrected chi connectivity index (χ0v) is 8.56. The molecule has 1 rings (SSSR count). The van der Waals surface area contributed by atoms with Crippen molar-refractivity contribution in [1.29, 1.82) is 0 Å². The lowest BCUT2D eigenvalue weighted by Crippen LogP contribution is -2.42. The molecule has 6 nitrogen and oxygen atoms in total. The van der Waals surface area contributed by atoms with Crippen molar-refractivity contribution in [2.24, 2.45) is 0 Å². The van der Waals surface area contributed by atoms with E-state index in [2.05, 4.69) is 11.3 Å². The second-order valence-electron chi connectivity index (χ2n) is 3.05. The lowest BCUT2D eigenvalue weighted by atomic mass is 9.60. The Hall–Kier alpha value is -1.05. The predicted molar refractivity (Wildman–Crippen MR) is 49.8 cm³/mol. The Morgan fingerprint density at radius 2 is 2.40 bits per heavy atom. The number of carbonyl (C=O) groups is 1. The van der Waals surface area contributed by atoms with Crippen LogP contribution < -0.4 is 0 Å². The molecule has 7 heteroatoms. The minimum Gasteiger partial charge on any atom is -0.429 e. The van der Waals surface area contributed by atoms with E-state index in [1.807, 2.05) is 0 Å². The first-order valence-corrected chi connectivity index (χ1v) is 4.23. The highest BCUT2D eigenvalue weighted by Gasteiger charge is 2.45. The number of hydrogen-bond donors (Lipinski definition) is 1. The van der Waals surface area contributed by atoms with Crippen LogP contribution >= 0.6 is 0 Å². The maximum absolute atomic E-state index is 10.8. The first kappa shape index (κ1) is 12.0. The van der Waals surface area contributed by atoms with Crippen molar-refractivity contribution in [3.05, 3.63) is 12.3 Å². The van der Waals surface area contributed by atoms with Crippen LogP contribution in [0.25, 0.3) is 0 Å². The van der Waals surface area contributed by atoms with Gasteiger partial charge in [0.05, 0.1) is 0 Å². The van der Waals surface area contributed by atoms with E-state index < -0.39 is 24.6 Å². The molecular weight excluding hydrogens is 203 g/mol. The summed E-state index contributed by atoms with van der Waals surface area (Å²) >= 11 is 0. The van der Waals surface area contributed by atoms with Gasteiger partial charge >= 0.3 is 6.16 Å². The maximum Gasteiger partial charge on any atom is 0.513 e. The number of ether oxygens (including phenoxy) is 4. The highest BCUT2D eigenvalue weighted by molar-refractivity contribution is 6.42. The molecule has 83 valence electrons. The van der Waals surface area contributed by atoms with Crippen LogP contribution in [0, 0.1) is 0 Å². The highest BCUT2D eigenvalue weighted by Crippen LogP contribution is 2.29. The molecule has 0 aliphatic carbocycles. The van der Waals surface area contributed by atoms with Gasteiger partial charge < -0.3 is 24.1 Å². The second-order valence-corrected chi connectivity index (χ2v) is 3.05. The van der Waals surface area contributed by atoms with Crippen molar-refractivity contribution >= 4 is 13.4 Å². The standard InChI is InChI=1S/C8H12BO6/c1-5-8(2,15-7(11)14-5)9-6(12-3)13-4-10/h6,10H,1,4H2,2-3H3. The summed E-state index contributed by atoms with van der Waals surface area (Å²) in [6.45, 7) is 4.60. The van der Waals surface area contributed by atoms with E-state index in [9.17, 15) is 4.79 Å². The Bertz CT molecular complexity index is 268. The molecule has 2 unspecified atom stereocenters. The van der Waals surface area contributed by atoms with Crippen LogP contribution in [0.15, 0.2) is 12.3 Å². The third-order valence-corrected chi connectivity index (χ3v) is 1.98. The summed E-state index contributed by atoms with van der Waals surface area (Å²) in [4.78, 5) is 10.8. The predicted octanol–water partition coefficient (Wildman–Crippen LogP) is -0.0163. The minimum atomic E-state index is -1.10. The van der Waals surface area contributed by atoms with E-state index in [-0.39, 0.29) is 5.76 Å². The topological polar surface area (TPSA) is 74.2 Å². The Balaban J connectivity index is 2.62. The van der Waals surface area contributed by atoms with Crippen LogP contribution in [0.4, 0.5) is 4.79 Å². The molecule has 1 heterocycles. The van der Waals surface area contributed by atoms with Gasteiger partial charge in [-0.25, -0.2) is 4.79 Å². The van der Waals surface area contributed by atoms with Crippen LogP contribution in [-0.2, 0) is 18.9 Å². The van der Waals surface area contributed by atoms with Crippen LogP contribution in [0.1, 0.15) is 6.92 Å². The van der Waals surface area contributed by atoms with Crippen LogP contribution in [0.3, 0.4) is 0 Å². The fraction of sp³-hybridized carbons (Fsp3) is 0.625. The van der Waals surface area contributed by atoms with Crippen molar-refractivity contribution in [3.8, 4) is 0 Å². The highest BCUT2D eigenvalue weighted by atomic mass is 16.8. The largest absolute Gasteiger partial charge is 0.513 e. The Kier molecular flexibility index (Phi) is 3.73. The Morgan fingerprint density at radius 1 is 1.73 bits per heavy atom.